The Hall–Kier alpha value is -2.44. The average Bonchev–Trinajstić information content (AvgIpc) is 3.29. The molecule has 1 saturated heterocycles. The number of rotatable bonds is 7. The number of fused-ring (bicyclic) bond motifs is 2. The van der Waals surface area contributed by atoms with E-state index in [0.717, 1.165) is 68.6 Å². The van der Waals surface area contributed by atoms with Crippen LogP contribution >= 0.6 is 0 Å². The van der Waals surface area contributed by atoms with Gasteiger partial charge in [-0.1, -0.05) is 6.07 Å². The Morgan fingerprint density at radius 3 is 2.84 bits per heavy atom. The fourth-order valence-electron chi connectivity index (χ4n) is 4.97. The van der Waals surface area contributed by atoms with Crippen LogP contribution in [0.1, 0.15) is 30.4 Å². The lowest BCUT2D eigenvalue weighted by atomic mass is 9.95. The van der Waals surface area contributed by atoms with Gasteiger partial charge in [-0.25, -0.2) is 0 Å². The molecule has 1 unspecified atom stereocenters. The number of nitrogens with zero attached hydrogens (tertiary/aromatic N) is 2. The Balaban J connectivity index is 1.08. The summed E-state index contributed by atoms with van der Waals surface area (Å²) in [6, 6.07) is 13.0. The number of likely N-dealkylation sites (tertiary alicyclic amines) is 1. The molecule has 0 radical (unpaired) electrons. The molecule has 31 heavy (non-hydrogen) atoms. The van der Waals surface area contributed by atoms with Crippen LogP contribution in [0.4, 0.5) is 0 Å². The Morgan fingerprint density at radius 2 is 1.90 bits per heavy atom. The molecular formula is C25H32N2O4. The molecule has 1 atom stereocenters. The predicted octanol–water partition coefficient (Wildman–Crippen LogP) is 3.72. The van der Waals surface area contributed by atoms with Gasteiger partial charge in [-0.05, 0) is 67.6 Å². The van der Waals surface area contributed by atoms with Gasteiger partial charge < -0.3 is 23.8 Å². The molecule has 0 N–H and O–H groups in total. The van der Waals surface area contributed by atoms with Crippen LogP contribution < -0.4 is 18.9 Å². The highest BCUT2D eigenvalue weighted by Crippen LogP contribution is 2.35. The first-order valence-corrected chi connectivity index (χ1v) is 11.4. The summed E-state index contributed by atoms with van der Waals surface area (Å²) in [4.78, 5) is 5.30. The molecule has 0 amide bonds. The molecule has 6 nitrogen and oxygen atoms in total. The number of benzene rings is 2. The first-order chi connectivity index (χ1) is 15.3. The van der Waals surface area contributed by atoms with Crippen molar-refractivity contribution in [2.24, 2.45) is 0 Å². The van der Waals surface area contributed by atoms with Gasteiger partial charge in [0.15, 0.2) is 11.5 Å². The van der Waals surface area contributed by atoms with Crippen molar-refractivity contribution < 1.29 is 18.9 Å². The fraction of sp³-hybridized carbons (Fsp3) is 0.520. The first kappa shape index (κ1) is 20.5. The highest BCUT2D eigenvalue weighted by molar-refractivity contribution is 5.46. The lowest BCUT2D eigenvalue weighted by Gasteiger charge is -2.41. The molecule has 2 aromatic rings. The van der Waals surface area contributed by atoms with Crippen LogP contribution in [0, 0.1) is 0 Å². The second-order valence-electron chi connectivity index (χ2n) is 8.67. The van der Waals surface area contributed by atoms with Gasteiger partial charge in [0, 0.05) is 38.3 Å². The summed E-state index contributed by atoms with van der Waals surface area (Å²) in [5, 5.41) is 0. The third-order valence-electron chi connectivity index (χ3n) is 6.68. The normalized spacial score (nSPS) is 21.0. The van der Waals surface area contributed by atoms with E-state index in [9.17, 15) is 0 Å². The number of hydrogen-bond acceptors (Lipinski definition) is 6. The minimum Gasteiger partial charge on any atom is -0.497 e. The van der Waals surface area contributed by atoms with Crippen LogP contribution in [0.3, 0.4) is 0 Å². The zero-order valence-electron chi connectivity index (χ0n) is 18.3. The van der Waals surface area contributed by atoms with E-state index in [1.165, 1.54) is 30.5 Å². The van der Waals surface area contributed by atoms with Crippen LogP contribution in [0.2, 0.25) is 0 Å². The third kappa shape index (κ3) is 4.75. The van der Waals surface area contributed by atoms with Gasteiger partial charge in [0.25, 0.3) is 0 Å². The average molecular weight is 425 g/mol. The number of hydrogen-bond donors (Lipinski definition) is 0. The maximum absolute atomic E-state index is 5.94. The van der Waals surface area contributed by atoms with E-state index < -0.39 is 0 Å². The van der Waals surface area contributed by atoms with Crippen molar-refractivity contribution in [1.29, 1.82) is 0 Å². The summed E-state index contributed by atoms with van der Waals surface area (Å²) in [5.74, 6) is 3.40. The Morgan fingerprint density at radius 1 is 1.00 bits per heavy atom. The van der Waals surface area contributed by atoms with E-state index in [0.29, 0.717) is 12.8 Å². The van der Waals surface area contributed by atoms with Gasteiger partial charge in [0.05, 0.1) is 13.7 Å². The highest BCUT2D eigenvalue weighted by atomic mass is 16.7. The summed E-state index contributed by atoms with van der Waals surface area (Å²) >= 11 is 0. The van der Waals surface area contributed by atoms with Gasteiger partial charge in [-0.2, -0.15) is 0 Å². The van der Waals surface area contributed by atoms with Crippen molar-refractivity contribution in [2.45, 2.75) is 38.3 Å². The van der Waals surface area contributed by atoms with E-state index in [1.807, 2.05) is 18.2 Å². The lowest BCUT2D eigenvalue weighted by Crippen LogP contribution is -2.49. The summed E-state index contributed by atoms with van der Waals surface area (Å²) in [6.07, 6.45) is 4.73. The van der Waals surface area contributed by atoms with Crippen molar-refractivity contribution in [1.82, 2.24) is 9.80 Å². The quantitative estimate of drug-likeness (QED) is 0.632. The standard InChI is InChI=1S/C25H32N2O4/c1-28-22-6-5-20-16-27(12-9-19(20)14-22)21-4-2-10-26(17-21)11-3-13-29-23-7-8-24-25(15-23)31-18-30-24/h5-8,14-15,21H,2-4,9-13,16-18H2,1H3. The predicted molar refractivity (Wildman–Crippen MR) is 119 cm³/mol. The summed E-state index contributed by atoms with van der Waals surface area (Å²) < 4.78 is 22.1. The first-order valence-electron chi connectivity index (χ1n) is 11.4. The topological polar surface area (TPSA) is 43.4 Å². The number of ether oxygens (including phenoxy) is 4. The van der Waals surface area contributed by atoms with Gasteiger partial charge >= 0.3 is 0 Å². The highest BCUT2D eigenvalue weighted by Gasteiger charge is 2.28. The van der Waals surface area contributed by atoms with E-state index in [2.05, 4.69) is 28.0 Å². The van der Waals surface area contributed by atoms with Gasteiger partial charge in [-0.3, -0.25) is 4.90 Å². The smallest absolute Gasteiger partial charge is 0.231 e. The summed E-state index contributed by atoms with van der Waals surface area (Å²) in [7, 11) is 1.74. The molecule has 0 aromatic heterocycles. The molecule has 1 fully saturated rings. The lowest BCUT2D eigenvalue weighted by molar-refractivity contribution is 0.0845. The van der Waals surface area contributed by atoms with Crippen LogP contribution in [0.15, 0.2) is 36.4 Å². The molecule has 5 rings (SSSR count). The number of piperidine rings is 1. The largest absolute Gasteiger partial charge is 0.497 e. The van der Waals surface area contributed by atoms with E-state index in [4.69, 9.17) is 18.9 Å². The molecule has 166 valence electrons. The molecule has 3 aliphatic rings. The Bertz CT molecular complexity index is 903. The molecular weight excluding hydrogens is 392 g/mol. The van der Waals surface area contributed by atoms with Crippen LogP contribution in [-0.2, 0) is 13.0 Å². The fourth-order valence-corrected chi connectivity index (χ4v) is 4.97. The summed E-state index contributed by atoms with van der Waals surface area (Å²) in [6.45, 7) is 6.67. The summed E-state index contributed by atoms with van der Waals surface area (Å²) in [5.41, 5.74) is 2.91. The van der Waals surface area contributed by atoms with Crippen molar-refractivity contribution >= 4 is 0 Å². The van der Waals surface area contributed by atoms with Crippen molar-refractivity contribution in [3.05, 3.63) is 47.5 Å². The molecule has 0 bridgehead atoms. The van der Waals surface area contributed by atoms with E-state index >= 15 is 0 Å². The molecule has 6 heteroatoms. The van der Waals surface area contributed by atoms with Gasteiger partial charge in [0.2, 0.25) is 6.79 Å². The monoisotopic (exact) mass is 424 g/mol. The molecule has 3 aliphatic heterocycles. The van der Waals surface area contributed by atoms with Gasteiger partial charge in [0.1, 0.15) is 11.5 Å². The molecule has 0 saturated carbocycles. The second kappa shape index (κ2) is 9.37. The molecule has 0 aliphatic carbocycles. The minimum absolute atomic E-state index is 0.297. The minimum atomic E-state index is 0.297. The molecule has 0 spiro atoms. The maximum atomic E-state index is 5.94. The zero-order chi connectivity index (χ0) is 21.0. The molecule has 2 aromatic carbocycles. The van der Waals surface area contributed by atoms with Crippen LogP contribution in [-0.4, -0.2) is 62.5 Å². The van der Waals surface area contributed by atoms with Crippen molar-refractivity contribution in [3.8, 4) is 23.0 Å². The molecule has 3 heterocycles. The van der Waals surface area contributed by atoms with Crippen molar-refractivity contribution in [2.75, 3.05) is 46.7 Å². The number of methoxy groups -OCH3 is 1. The Labute approximate surface area is 184 Å². The van der Waals surface area contributed by atoms with E-state index in [-0.39, 0.29) is 0 Å². The second-order valence-corrected chi connectivity index (χ2v) is 8.67. The van der Waals surface area contributed by atoms with Crippen molar-refractivity contribution in [3.63, 3.8) is 0 Å². The maximum Gasteiger partial charge on any atom is 0.231 e. The van der Waals surface area contributed by atoms with Gasteiger partial charge in [-0.15, -0.1) is 0 Å². The SMILES string of the molecule is COc1ccc2c(c1)CCN(C1CCCN(CCCOc3ccc4c(c3)OCO4)C1)C2. The van der Waals surface area contributed by atoms with E-state index in [1.54, 1.807) is 7.11 Å². The van der Waals surface area contributed by atoms with Crippen LogP contribution in [0.25, 0.3) is 0 Å². The van der Waals surface area contributed by atoms with Crippen LogP contribution in [0.5, 0.6) is 23.0 Å². The third-order valence-corrected chi connectivity index (χ3v) is 6.68. The zero-order valence-corrected chi connectivity index (χ0v) is 18.3. The Kier molecular flexibility index (Phi) is 6.18.